The average Bonchev–Trinajstić information content (AvgIpc) is 2.22. The van der Waals surface area contributed by atoms with Crippen LogP contribution in [0.3, 0.4) is 0 Å². The van der Waals surface area contributed by atoms with Gasteiger partial charge in [0.05, 0.1) is 6.54 Å². The lowest BCUT2D eigenvalue weighted by Crippen LogP contribution is -2.32. The van der Waals surface area contributed by atoms with Crippen molar-refractivity contribution in [3.8, 4) is 11.8 Å². The molecule has 0 radical (unpaired) electrons. The molecule has 0 aliphatic heterocycles. The largest absolute Gasteiger partial charge is 0.444 e. The molecule has 1 aromatic carbocycles. The van der Waals surface area contributed by atoms with Crippen molar-refractivity contribution in [3.05, 3.63) is 35.4 Å². The number of carbonyl (C=O) groups excluding carboxylic acids is 1. The van der Waals surface area contributed by atoms with Crippen LogP contribution in [0.2, 0.25) is 0 Å². The van der Waals surface area contributed by atoms with Crippen molar-refractivity contribution in [1.29, 1.82) is 0 Å². The minimum atomic E-state index is -0.478. The summed E-state index contributed by atoms with van der Waals surface area (Å²) in [6.07, 6.45) is -0.443. The molecule has 0 heterocycles. The van der Waals surface area contributed by atoms with Crippen LogP contribution >= 0.6 is 0 Å². The van der Waals surface area contributed by atoms with Crippen molar-refractivity contribution in [3.63, 3.8) is 0 Å². The van der Waals surface area contributed by atoms with Gasteiger partial charge in [-0.25, -0.2) is 4.79 Å². The van der Waals surface area contributed by atoms with E-state index in [1.165, 1.54) is 5.56 Å². The molecular weight excluding hydrogens is 226 g/mol. The van der Waals surface area contributed by atoms with Crippen LogP contribution in [-0.2, 0) is 4.74 Å². The zero-order chi connectivity index (χ0) is 13.6. The summed E-state index contributed by atoms with van der Waals surface area (Å²) < 4.78 is 5.09. The summed E-state index contributed by atoms with van der Waals surface area (Å²) in [6.45, 7) is 7.77. The standard InChI is InChI=1S/C15H19NO2/c1-12-7-5-8-13(11-12)9-6-10-16-14(17)18-15(2,3)4/h5,7-8,11H,10H2,1-4H3,(H,16,17). The van der Waals surface area contributed by atoms with Crippen LogP contribution in [0.15, 0.2) is 24.3 Å². The van der Waals surface area contributed by atoms with E-state index in [0.29, 0.717) is 0 Å². The minimum absolute atomic E-state index is 0.281. The number of ether oxygens (including phenoxy) is 1. The zero-order valence-corrected chi connectivity index (χ0v) is 11.3. The third-order valence-electron chi connectivity index (χ3n) is 1.97. The van der Waals surface area contributed by atoms with Gasteiger partial charge in [0.1, 0.15) is 5.60 Å². The third-order valence-corrected chi connectivity index (χ3v) is 1.97. The molecule has 1 aromatic rings. The maximum Gasteiger partial charge on any atom is 0.408 e. The normalized spacial score (nSPS) is 10.2. The molecule has 0 aliphatic carbocycles. The number of alkyl carbamates (subject to hydrolysis) is 1. The molecule has 0 unspecified atom stereocenters. The van der Waals surface area contributed by atoms with Crippen LogP contribution in [0.1, 0.15) is 31.9 Å². The predicted molar refractivity (Wildman–Crippen MR) is 72.3 cm³/mol. The summed E-state index contributed by atoms with van der Waals surface area (Å²) in [5, 5.41) is 2.59. The highest BCUT2D eigenvalue weighted by Gasteiger charge is 2.14. The molecule has 0 saturated carbocycles. The van der Waals surface area contributed by atoms with Crippen LogP contribution in [0.5, 0.6) is 0 Å². The number of amides is 1. The van der Waals surface area contributed by atoms with Gasteiger partial charge in [0.15, 0.2) is 0 Å². The van der Waals surface area contributed by atoms with Gasteiger partial charge in [0.2, 0.25) is 0 Å². The summed E-state index contributed by atoms with van der Waals surface area (Å²) in [4.78, 5) is 11.3. The Balaban J connectivity index is 2.41. The first-order valence-electron chi connectivity index (χ1n) is 5.89. The molecule has 0 saturated heterocycles. The molecule has 0 bridgehead atoms. The van der Waals surface area contributed by atoms with E-state index in [9.17, 15) is 4.79 Å². The molecule has 0 aliphatic rings. The van der Waals surface area contributed by atoms with Gasteiger partial charge in [-0.2, -0.15) is 0 Å². The molecule has 0 fully saturated rings. The fourth-order valence-electron chi connectivity index (χ4n) is 1.30. The lowest BCUT2D eigenvalue weighted by atomic mass is 10.1. The molecule has 0 aromatic heterocycles. The van der Waals surface area contributed by atoms with E-state index in [4.69, 9.17) is 4.74 Å². The average molecular weight is 245 g/mol. The highest BCUT2D eigenvalue weighted by Crippen LogP contribution is 2.06. The van der Waals surface area contributed by atoms with Gasteiger partial charge in [0.25, 0.3) is 0 Å². The van der Waals surface area contributed by atoms with E-state index >= 15 is 0 Å². The van der Waals surface area contributed by atoms with Crippen molar-refractivity contribution < 1.29 is 9.53 Å². The Labute approximate surface area is 109 Å². The zero-order valence-electron chi connectivity index (χ0n) is 11.3. The summed E-state index contributed by atoms with van der Waals surface area (Å²) in [7, 11) is 0. The lowest BCUT2D eigenvalue weighted by Gasteiger charge is -2.18. The molecule has 96 valence electrons. The van der Waals surface area contributed by atoms with Crippen LogP contribution in [0, 0.1) is 18.8 Å². The Morgan fingerprint density at radius 2 is 2.11 bits per heavy atom. The Hall–Kier alpha value is -1.95. The Morgan fingerprint density at radius 1 is 1.39 bits per heavy atom. The minimum Gasteiger partial charge on any atom is -0.444 e. The number of aryl methyl sites for hydroxylation is 1. The van der Waals surface area contributed by atoms with Crippen LogP contribution in [0.4, 0.5) is 4.79 Å². The van der Waals surface area contributed by atoms with Crippen molar-refractivity contribution >= 4 is 6.09 Å². The fourth-order valence-corrected chi connectivity index (χ4v) is 1.30. The predicted octanol–water partition coefficient (Wildman–Crippen LogP) is 2.87. The number of rotatable bonds is 1. The summed E-state index contributed by atoms with van der Waals surface area (Å²) in [6, 6.07) is 7.92. The molecular formula is C15H19NO2. The van der Waals surface area contributed by atoms with Gasteiger partial charge in [-0.1, -0.05) is 24.0 Å². The SMILES string of the molecule is Cc1cccc(C#CCNC(=O)OC(C)(C)C)c1. The van der Waals surface area contributed by atoms with Gasteiger partial charge < -0.3 is 10.1 Å². The van der Waals surface area contributed by atoms with E-state index in [0.717, 1.165) is 5.56 Å². The van der Waals surface area contributed by atoms with Crippen LogP contribution in [0.25, 0.3) is 0 Å². The summed E-state index contributed by atoms with van der Waals surface area (Å²) in [5.41, 5.74) is 1.64. The first-order chi connectivity index (χ1) is 8.37. The van der Waals surface area contributed by atoms with E-state index in [1.807, 2.05) is 52.0 Å². The number of hydrogen-bond acceptors (Lipinski definition) is 2. The number of carbonyl (C=O) groups is 1. The third kappa shape index (κ3) is 5.95. The summed E-state index contributed by atoms with van der Waals surface area (Å²) >= 11 is 0. The highest BCUT2D eigenvalue weighted by atomic mass is 16.6. The van der Waals surface area contributed by atoms with Crippen molar-refractivity contribution in [1.82, 2.24) is 5.32 Å². The van der Waals surface area contributed by atoms with Gasteiger partial charge >= 0.3 is 6.09 Å². The van der Waals surface area contributed by atoms with E-state index in [2.05, 4.69) is 17.2 Å². The molecule has 0 atom stereocenters. The lowest BCUT2D eigenvalue weighted by molar-refractivity contribution is 0.0535. The summed E-state index contributed by atoms with van der Waals surface area (Å²) in [5.74, 6) is 5.87. The van der Waals surface area contributed by atoms with Gasteiger partial charge in [-0.15, -0.1) is 0 Å². The maximum atomic E-state index is 11.3. The first kappa shape index (κ1) is 14.1. The molecule has 3 heteroatoms. The van der Waals surface area contributed by atoms with Crippen molar-refractivity contribution in [2.45, 2.75) is 33.3 Å². The molecule has 1 N–H and O–H groups in total. The number of nitrogens with one attached hydrogen (secondary N) is 1. The topological polar surface area (TPSA) is 38.3 Å². The second kappa shape index (κ2) is 6.11. The second-order valence-corrected chi connectivity index (χ2v) is 5.03. The molecule has 1 amide bonds. The number of hydrogen-bond donors (Lipinski definition) is 1. The van der Waals surface area contributed by atoms with Crippen molar-refractivity contribution in [2.75, 3.05) is 6.54 Å². The van der Waals surface area contributed by atoms with Gasteiger partial charge in [-0.05, 0) is 45.4 Å². The quantitative estimate of drug-likeness (QED) is 0.773. The van der Waals surface area contributed by atoms with Crippen LogP contribution in [-0.4, -0.2) is 18.2 Å². The Bertz CT molecular complexity index is 475. The van der Waals surface area contributed by atoms with E-state index in [1.54, 1.807) is 0 Å². The Morgan fingerprint density at radius 3 is 2.72 bits per heavy atom. The van der Waals surface area contributed by atoms with Crippen LogP contribution < -0.4 is 5.32 Å². The monoisotopic (exact) mass is 245 g/mol. The highest BCUT2D eigenvalue weighted by molar-refractivity contribution is 5.68. The van der Waals surface area contributed by atoms with E-state index in [-0.39, 0.29) is 6.54 Å². The maximum absolute atomic E-state index is 11.3. The first-order valence-corrected chi connectivity index (χ1v) is 5.89. The molecule has 3 nitrogen and oxygen atoms in total. The molecule has 0 spiro atoms. The van der Waals surface area contributed by atoms with E-state index < -0.39 is 11.7 Å². The Kier molecular flexibility index (Phi) is 4.79. The smallest absolute Gasteiger partial charge is 0.408 e. The number of benzene rings is 1. The molecule has 1 rings (SSSR count). The fraction of sp³-hybridized carbons (Fsp3) is 0.400. The van der Waals surface area contributed by atoms with Gasteiger partial charge in [0, 0.05) is 5.56 Å². The van der Waals surface area contributed by atoms with Gasteiger partial charge in [-0.3, -0.25) is 0 Å². The van der Waals surface area contributed by atoms with Crippen molar-refractivity contribution in [2.24, 2.45) is 0 Å². The second-order valence-electron chi connectivity index (χ2n) is 5.03. The molecule has 18 heavy (non-hydrogen) atoms.